The van der Waals surface area contributed by atoms with E-state index in [9.17, 15) is 0 Å². The van der Waals surface area contributed by atoms with Crippen molar-refractivity contribution < 1.29 is 0 Å². The molecule has 8 aromatic rings. The summed E-state index contributed by atoms with van der Waals surface area (Å²) in [5.74, 6) is 0. The van der Waals surface area contributed by atoms with E-state index in [1.807, 2.05) is 0 Å². The molecule has 0 radical (unpaired) electrons. The van der Waals surface area contributed by atoms with Gasteiger partial charge in [0.2, 0.25) is 0 Å². The zero-order valence-electron chi connectivity index (χ0n) is 25.4. The highest BCUT2D eigenvalue weighted by atomic mass is 15.0. The normalized spacial score (nSPS) is 12.0. The Kier molecular flexibility index (Phi) is 6.23. The molecule has 0 bridgehead atoms. The molecule has 2 aromatic heterocycles. The van der Waals surface area contributed by atoms with E-state index in [1.165, 1.54) is 82.8 Å². The average molecular weight is 567 g/mol. The van der Waals surface area contributed by atoms with E-state index < -0.39 is 0 Å². The number of hydrogen-bond acceptors (Lipinski definition) is 0. The molecule has 212 valence electrons. The van der Waals surface area contributed by atoms with Crippen molar-refractivity contribution in [1.82, 2.24) is 9.13 Å². The highest BCUT2D eigenvalue weighted by molar-refractivity contribution is 6.19. The second-order valence-electron chi connectivity index (χ2n) is 11.7. The summed E-state index contributed by atoms with van der Waals surface area (Å²) in [6.07, 6.45) is 5.33. The topological polar surface area (TPSA) is 9.86 Å². The molecule has 0 aliphatic carbocycles. The lowest BCUT2D eigenvalue weighted by Crippen LogP contribution is -1.95. The molecule has 0 aliphatic heterocycles. The Morgan fingerprint density at radius 1 is 0.523 bits per heavy atom. The van der Waals surface area contributed by atoms with E-state index in [-0.39, 0.29) is 0 Å². The van der Waals surface area contributed by atoms with E-state index in [4.69, 9.17) is 0 Å². The van der Waals surface area contributed by atoms with Crippen LogP contribution in [0.2, 0.25) is 0 Å². The highest BCUT2D eigenvalue weighted by Gasteiger charge is 2.18. The molecule has 0 saturated heterocycles. The Labute approximate surface area is 258 Å². The summed E-state index contributed by atoms with van der Waals surface area (Å²) in [4.78, 5) is 0. The summed E-state index contributed by atoms with van der Waals surface area (Å²) in [5.41, 5.74) is 13.7. The predicted molar refractivity (Wildman–Crippen MR) is 189 cm³/mol. The van der Waals surface area contributed by atoms with Gasteiger partial charge in [0.05, 0.1) is 22.1 Å². The quantitative estimate of drug-likeness (QED) is 0.196. The van der Waals surface area contributed by atoms with Crippen LogP contribution in [0.4, 0.5) is 0 Å². The molecule has 44 heavy (non-hydrogen) atoms. The van der Waals surface area contributed by atoms with Gasteiger partial charge in [0.15, 0.2) is 0 Å². The minimum Gasteiger partial charge on any atom is -0.309 e. The first-order chi connectivity index (χ1) is 21.6. The van der Waals surface area contributed by atoms with E-state index in [2.05, 4.69) is 169 Å². The maximum Gasteiger partial charge on any atom is 0.0548 e. The molecule has 0 saturated carbocycles. The van der Waals surface area contributed by atoms with Gasteiger partial charge in [-0.1, -0.05) is 104 Å². The number of allylic oxidation sites excluding steroid dienone is 1. The molecule has 2 heteroatoms. The van der Waals surface area contributed by atoms with E-state index >= 15 is 0 Å². The SMILES string of the molecule is C/C=C\c1ccc(-c2ccc(-n3c4ccccc4c4cc5c(cc43)c3ccccc3n5-c3ccc(C)cc3)cc2)cc1CC. The van der Waals surface area contributed by atoms with Crippen LogP contribution in [0, 0.1) is 6.92 Å². The zero-order chi connectivity index (χ0) is 29.8. The van der Waals surface area contributed by atoms with Gasteiger partial charge < -0.3 is 9.13 Å². The van der Waals surface area contributed by atoms with Crippen LogP contribution < -0.4 is 0 Å². The minimum absolute atomic E-state index is 1.02. The third-order valence-electron chi connectivity index (χ3n) is 9.09. The Bertz CT molecular complexity index is 2360. The first-order valence-corrected chi connectivity index (χ1v) is 15.5. The number of aryl methyl sites for hydroxylation is 2. The fourth-order valence-corrected chi connectivity index (χ4v) is 6.92. The van der Waals surface area contributed by atoms with Gasteiger partial charge in [-0.05, 0) is 91.1 Å². The minimum atomic E-state index is 1.02. The van der Waals surface area contributed by atoms with Crippen LogP contribution in [0.1, 0.15) is 30.5 Å². The molecular weight excluding hydrogens is 532 g/mol. The third kappa shape index (κ3) is 4.10. The maximum atomic E-state index is 2.43. The molecule has 0 unspecified atom stereocenters. The van der Waals surface area contributed by atoms with E-state index in [1.54, 1.807) is 0 Å². The van der Waals surface area contributed by atoms with Crippen molar-refractivity contribution >= 4 is 49.7 Å². The van der Waals surface area contributed by atoms with Crippen LogP contribution in [-0.4, -0.2) is 9.13 Å². The maximum absolute atomic E-state index is 2.43. The lowest BCUT2D eigenvalue weighted by Gasteiger charge is -2.11. The molecule has 0 aliphatic rings. The smallest absolute Gasteiger partial charge is 0.0548 e. The van der Waals surface area contributed by atoms with Crippen LogP contribution in [0.15, 0.2) is 133 Å². The molecule has 0 amide bonds. The number of benzene rings is 6. The number of para-hydroxylation sites is 2. The van der Waals surface area contributed by atoms with Gasteiger partial charge in [0, 0.05) is 32.9 Å². The Morgan fingerprint density at radius 3 is 1.59 bits per heavy atom. The molecule has 0 N–H and O–H groups in total. The molecule has 6 aromatic carbocycles. The average Bonchev–Trinajstić information content (AvgIpc) is 3.57. The lowest BCUT2D eigenvalue weighted by atomic mass is 9.97. The first kappa shape index (κ1) is 26.3. The van der Waals surface area contributed by atoms with Crippen LogP contribution in [0.3, 0.4) is 0 Å². The molecular formula is C42H34N2. The van der Waals surface area contributed by atoms with Crippen molar-refractivity contribution in [3.8, 4) is 22.5 Å². The summed E-state index contributed by atoms with van der Waals surface area (Å²) in [5, 5.41) is 5.06. The molecule has 2 nitrogen and oxygen atoms in total. The zero-order valence-corrected chi connectivity index (χ0v) is 25.4. The number of hydrogen-bond donors (Lipinski definition) is 0. The molecule has 0 atom stereocenters. The molecule has 8 rings (SSSR count). The van der Waals surface area contributed by atoms with Crippen molar-refractivity contribution in [2.75, 3.05) is 0 Å². The van der Waals surface area contributed by atoms with Crippen molar-refractivity contribution in [1.29, 1.82) is 0 Å². The van der Waals surface area contributed by atoms with Crippen LogP contribution in [0.5, 0.6) is 0 Å². The summed E-state index contributed by atoms with van der Waals surface area (Å²) < 4.78 is 4.84. The second kappa shape index (κ2) is 10.4. The number of rotatable bonds is 5. The summed E-state index contributed by atoms with van der Waals surface area (Å²) >= 11 is 0. The van der Waals surface area contributed by atoms with Crippen LogP contribution in [-0.2, 0) is 6.42 Å². The van der Waals surface area contributed by atoms with Gasteiger partial charge >= 0.3 is 0 Å². The number of fused-ring (bicyclic) bond motifs is 6. The molecule has 0 fully saturated rings. The van der Waals surface area contributed by atoms with E-state index in [0.717, 1.165) is 6.42 Å². The standard InChI is InChI=1S/C42H34N2/c1-4-10-30-17-18-32(25-29(30)5-2)31-19-23-34(24-20-31)44-40-14-9-7-12-36(40)38-26-41-37(27-42(38)44)35-11-6-8-13-39(35)43(41)33-21-15-28(3)16-22-33/h4,6-27H,5H2,1-3H3/b10-4-. The van der Waals surface area contributed by atoms with Crippen LogP contribution >= 0.6 is 0 Å². The Hall–Kier alpha value is -5.34. The predicted octanol–water partition coefficient (Wildman–Crippen LogP) is 11.5. The first-order valence-electron chi connectivity index (χ1n) is 15.5. The largest absolute Gasteiger partial charge is 0.309 e. The summed E-state index contributed by atoms with van der Waals surface area (Å²) in [7, 11) is 0. The van der Waals surface area contributed by atoms with Crippen molar-refractivity contribution in [3.63, 3.8) is 0 Å². The highest BCUT2D eigenvalue weighted by Crippen LogP contribution is 2.39. The molecule has 0 spiro atoms. The van der Waals surface area contributed by atoms with Crippen molar-refractivity contribution in [2.24, 2.45) is 0 Å². The van der Waals surface area contributed by atoms with Crippen molar-refractivity contribution in [3.05, 3.63) is 150 Å². The monoisotopic (exact) mass is 566 g/mol. The molecule has 2 heterocycles. The number of aromatic nitrogens is 2. The fraction of sp³-hybridized carbons (Fsp3) is 0.0952. The van der Waals surface area contributed by atoms with Crippen molar-refractivity contribution in [2.45, 2.75) is 27.2 Å². The van der Waals surface area contributed by atoms with Gasteiger partial charge in [-0.25, -0.2) is 0 Å². The van der Waals surface area contributed by atoms with Gasteiger partial charge in [0.25, 0.3) is 0 Å². The van der Waals surface area contributed by atoms with Gasteiger partial charge in [-0.3, -0.25) is 0 Å². The Morgan fingerprint density at radius 2 is 1.05 bits per heavy atom. The van der Waals surface area contributed by atoms with Gasteiger partial charge in [-0.15, -0.1) is 0 Å². The lowest BCUT2D eigenvalue weighted by molar-refractivity contribution is 1.13. The van der Waals surface area contributed by atoms with Gasteiger partial charge in [0.1, 0.15) is 0 Å². The number of nitrogens with zero attached hydrogens (tertiary/aromatic N) is 2. The summed E-state index contributed by atoms with van der Waals surface area (Å²) in [6, 6.07) is 47.1. The van der Waals surface area contributed by atoms with Crippen LogP contribution in [0.25, 0.3) is 72.2 Å². The van der Waals surface area contributed by atoms with E-state index in [0.29, 0.717) is 0 Å². The summed E-state index contributed by atoms with van der Waals surface area (Å²) in [6.45, 7) is 6.45. The fourth-order valence-electron chi connectivity index (χ4n) is 6.92. The second-order valence-corrected chi connectivity index (χ2v) is 11.7. The third-order valence-corrected chi connectivity index (χ3v) is 9.09. The Balaban J connectivity index is 1.34. The van der Waals surface area contributed by atoms with Gasteiger partial charge in [-0.2, -0.15) is 0 Å².